The van der Waals surface area contributed by atoms with E-state index >= 15 is 0 Å². The molecule has 4 N–H and O–H groups in total. The van der Waals surface area contributed by atoms with Crippen LogP contribution in [0.4, 0.5) is 11.4 Å². The fourth-order valence-corrected chi connectivity index (χ4v) is 3.71. The van der Waals surface area contributed by atoms with E-state index in [1.54, 1.807) is 48.5 Å². The van der Waals surface area contributed by atoms with Gasteiger partial charge in [0, 0.05) is 12.5 Å². The zero-order chi connectivity index (χ0) is 17.9. The molecule has 8 heteroatoms. The van der Waals surface area contributed by atoms with Gasteiger partial charge in [-0.25, -0.2) is 13.1 Å². The number of benzene rings is 2. The fourth-order valence-electron chi connectivity index (χ4n) is 2.41. The van der Waals surface area contributed by atoms with E-state index in [0.717, 1.165) is 18.4 Å². The van der Waals surface area contributed by atoms with Gasteiger partial charge in [-0.1, -0.05) is 24.3 Å². The van der Waals surface area contributed by atoms with Crippen LogP contribution in [0.15, 0.2) is 53.4 Å². The normalized spacial score (nSPS) is 13.7. The molecule has 0 saturated heterocycles. The van der Waals surface area contributed by atoms with Gasteiger partial charge < -0.3 is 11.1 Å². The minimum Gasteiger partial charge on any atom is -0.397 e. The number of nitrogen functional groups attached to an aromatic ring is 1. The summed E-state index contributed by atoms with van der Waals surface area (Å²) >= 11 is 0. The summed E-state index contributed by atoms with van der Waals surface area (Å²) < 4.78 is 26.9. The van der Waals surface area contributed by atoms with Crippen molar-refractivity contribution in [3.63, 3.8) is 0 Å². The zero-order valence-electron chi connectivity index (χ0n) is 14.1. The highest BCUT2D eigenvalue weighted by Gasteiger charge is 2.27. The lowest BCUT2D eigenvalue weighted by Crippen LogP contribution is -2.25. The molecular weight excluding hydrogens is 374 g/mol. The predicted molar refractivity (Wildman–Crippen MR) is 105 cm³/mol. The lowest BCUT2D eigenvalue weighted by molar-refractivity contribution is -0.116. The topological polar surface area (TPSA) is 101 Å². The third-order valence-corrected chi connectivity index (χ3v) is 5.54. The summed E-state index contributed by atoms with van der Waals surface area (Å²) in [6.45, 7) is 0. The first-order chi connectivity index (χ1) is 11.9. The van der Waals surface area contributed by atoms with Gasteiger partial charge in [-0.3, -0.25) is 4.79 Å². The van der Waals surface area contributed by atoms with E-state index in [9.17, 15) is 13.2 Å². The smallest absolute Gasteiger partial charge is 0.240 e. The molecule has 26 heavy (non-hydrogen) atoms. The number of nitrogens with one attached hydrogen (secondary N) is 2. The molecule has 0 aliphatic heterocycles. The maximum absolute atomic E-state index is 12.1. The number of aryl methyl sites for hydroxylation is 1. The van der Waals surface area contributed by atoms with Crippen molar-refractivity contribution in [2.75, 3.05) is 11.1 Å². The molecule has 1 amide bonds. The Balaban J connectivity index is 0.00000243. The number of para-hydroxylation sites is 2. The number of sulfonamides is 1. The summed E-state index contributed by atoms with van der Waals surface area (Å²) in [6, 6.07) is 13.8. The number of hydrogen-bond acceptors (Lipinski definition) is 4. The Kier molecular flexibility index (Phi) is 6.63. The van der Waals surface area contributed by atoms with Crippen molar-refractivity contribution in [2.24, 2.45) is 0 Å². The summed E-state index contributed by atoms with van der Waals surface area (Å²) in [4.78, 5) is 12.3. The van der Waals surface area contributed by atoms with Gasteiger partial charge in [0.2, 0.25) is 15.9 Å². The van der Waals surface area contributed by atoms with Gasteiger partial charge in [0.15, 0.2) is 0 Å². The molecule has 0 radical (unpaired) electrons. The molecule has 0 aromatic heterocycles. The van der Waals surface area contributed by atoms with Crippen LogP contribution in [0.3, 0.4) is 0 Å². The number of carbonyl (C=O) groups is 1. The van der Waals surface area contributed by atoms with Gasteiger partial charge in [-0.05, 0) is 49.1 Å². The van der Waals surface area contributed by atoms with Crippen LogP contribution < -0.4 is 15.8 Å². The van der Waals surface area contributed by atoms with Crippen molar-refractivity contribution in [1.82, 2.24) is 4.72 Å². The first-order valence-electron chi connectivity index (χ1n) is 8.20. The molecule has 0 heterocycles. The molecule has 2 aromatic rings. The number of anilines is 2. The maximum atomic E-state index is 12.1. The first-order valence-corrected chi connectivity index (χ1v) is 9.68. The Morgan fingerprint density at radius 2 is 1.73 bits per heavy atom. The number of rotatable bonds is 7. The number of hydrogen-bond donors (Lipinski definition) is 3. The third-order valence-electron chi connectivity index (χ3n) is 4.01. The second-order valence-corrected chi connectivity index (χ2v) is 7.89. The van der Waals surface area contributed by atoms with Crippen molar-refractivity contribution in [3.05, 3.63) is 54.1 Å². The Bertz CT molecular complexity index is 866. The van der Waals surface area contributed by atoms with E-state index in [0.29, 0.717) is 24.2 Å². The van der Waals surface area contributed by atoms with Crippen molar-refractivity contribution < 1.29 is 13.2 Å². The summed E-state index contributed by atoms with van der Waals surface area (Å²) in [5.41, 5.74) is 7.82. The summed E-state index contributed by atoms with van der Waals surface area (Å²) in [5.74, 6) is -0.134. The molecule has 2 aromatic carbocycles. The van der Waals surface area contributed by atoms with Crippen LogP contribution in [0.2, 0.25) is 0 Å². The molecule has 1 aliphatic rings. The number of carbonyl (C=O) groups excluding carboxylic acids is 1. The van der Waals surface area contributed by atoms with E-state index in [-0.39, 0.29) is 29.3 Å². The van der Waals surface area contributed by atoms with E-state index in [2.05, 4.69) is 10.0 Å². The summed E-state index contributed by atoms with van der Waals surface area (Å²) in [6.07, 6.45) is 2.62. The molecule has 6 nitrogen and oxygen atoms in total. The van der Waals surface area contributed by atoms with E-state index in [4.69, 9.17) is 5.73 Å². The molecular formula is C18H22ClN3O3S. The average molecular weight is 396 g/mol. The Labute approximate surface area is 159 Å². The van der Waals surface area contributed by atoms with Gasteiger partial charge in [0.25, 0.3) is 0 Å². The second-order valence-electron chi connectivity index (χ2n) is 6.17. The van der Waals surface area contributed by atoms with Crippen LogP contribution in [0.25, 0.3) is 0 Å². The SMILES string of the molecule is Cl.Nc1ccccc1NC(=O)CCc1ccc(S(=O)(=O)NC2CC2)cc1. The number of nitrogens with two attached hydrogens (primary N) is 1. The minimum absolute atomic E-state index is 0. The van der Waals surface area contributed by atoms with Crippen molar-refractivity contribution in [2.45, 2.75) is 36.6 Å². The molecule has 0 spiro atoms. The summed E-state index contributed by atoms with van der Waals surface area (Å²) in [5, 5.41) is 2.77. The van der Waals surface area contributed by atoms with Crippen molar-refractivity contribution >= 4 is 39.7 Å². The first kappa shape index (κ1) is 20.2. The van der Waals surface area contributed by atoms with E-state index < -0.39 is 10.0 Å². The molecule has 1 aliphatic carbocycles. The van der Waals surface area contributed by atoms with Crippen LogP contribution in [0, 0.1) is 0 Å². The van der Waals surface area contributed by atoms with Crippen LogP contribution >= 0.6 is 12.4 Å². The molecule has 0 atom stereocenters. The standard InChI is InChI=1S/C18H21N3O3S.ClH/c19-16-3-1-2-4-17(16)20-18(22)12-7-13-5-10-15(11-6-13)25(23,24)21-14-8-9-14;/h1-6,10-11,14,21H,7-9,12,19H2,(H,20,22);1H. The third kappa shape index (κ3) is 5.45. The van der Waals surface area contributed by atoms with Gasteiger partial charge in [-0.15, -0.1) is 12.4 Å². The van der Waals surface area contributed by atoms with E-state index in [1.165, 1.54) is 0 Å². The highest BCUT2D eigenvalue weighted by Crippen LogP contribution is 2.22. The van der Waals surface area contributed by atoms with Crippen LogP contribution in [-0.4, -0.2) is 20.4 Å². The highest BCUT2D eigenvalue weighted by molar-refractivity contribution is 7.89. The molecule has 1 fully saturated rings. The Morgan fingerprint density at radius 3 is 2.35 bits per heavy atom. The molecule has 140 valence electrons. The monoisotopic (exact) mass is 395 g/mol. The Morgan fingerprint density at radius 1 is 1.08 bits per heavy atom. The maximum Gasteiger partial charge on any atom is 0.240 e. The average Bonchev–Trinajstić information content (AvgIpc) is 3.39. The van der Waals surface area contributed by atoms with Gasteiger partial charge in [0.1, 0.15) is 0 Å². The Hall–Kier alpha value is -2.09. The minimum atomic E-state index is -3.43. The predicted octanol–water partition coefficient (Wildman–Crippen LogP) is 2.70. The molecule has 1 saturated carbocycles. The van der Waals surface area contributed by atoms with Crippen molar-refractivity contribution in [1.29, 1.82) is 0 Å². The zero-order valence-corrected chi connectivity index (χ0v) is 15.8. The molecule has 3 rings (SSSR count). The van der Waals surface area contributed by atoms with Gasteiger partial charge in [-0.2, -0.15) is 0 Å². The van der Waals surface area contributed by atoms with Crippen LogP contribution in [0.1, 0.15) is 24.8 Å². The van der Waals surface area contributed by atoms with E-state index in [1.807, 2.05) is 0 Å². The van der Waals surface area contributed by atoms with Crippen molar-refractivity contribution in [3.8, 4) is 0 Å². The largest absolute Gasteiger partial charge is 0.397 e. The van der Waals surface area contributed by atoms with Gasteiger partial charge in [0.05, 0.1) is 16.3 Å². The van der Waals surface area contributed by atoms with Gasteiger partial charge >= 0.3 is 0 Å². The molecule has 0 unspecified atom stereocenters. The number of halogens is 1. The second kappa shape index (κ2) is 8.53. The fraction of sp³-hybridized carbons (Fsp3) is 0.278. The quantitative estimate of drug-likeness (QED) is 0.627. The lowest BCUT2D eigenvalue weighted by Gasteiger charge is -2.09. The highest BCUT2D eigenvalue weighted by atomic mass is 35.5. The van der Waals surface area contributed by atoms with Crippen LogP contribution in [0.5, 0.6) is 0 Å². The lowest BCUT2D eigenvalue weighted by atomic mass is 10.1. The number of amides is 1. The van der Waals surface area contributed by atoms with Crippen LogP contribution in [-0.2, 0) is 21.2 Å². The molecule has 0 bridgehead atoms. The summed E-state index contributed by atoms with van der Waals surface area (Å²) in [7, 11) is -3.43.